The third-order valence-electron chi connectivity index (χ3n) is 5.33. The van der Waals surface area contributed by atoms with Gasteiger partial charge < -0.3 is 9.32 Å². The molecule has 1 saturated heterocycles. The van der Waals surface area contributed by atoms with E-state index in [0.717, 1.165) is 56.9 Å². The zero-order valence-electron chi connectivity index (χ0n) is 14.0. The summed E-state index contributed by atoms with van der Waals surface area (Å²) in [6.07, 6.45) is 8.20. The fourth-order valence-corrected chi connectivity index (χ4v) is 3.64. The number of aromatic nitrogens is 1. The van der Waals surface area contributed by atoms with Gasteiger partial charge >= 0.3 is 0 Å². The average molecular weight is 324 g/mol. The number of benzene rings is 1. The highest BCUT2D eigenvalue weighted by Gasteiger charge is 2.34. The second-order valence-electron chi connectivity index (χ2n) is 7.10. The lowest BCUT2D eigenvalue weighted by Gasteiger charge is -2.31. The van der Waals surface area contributed by atoms with Crippen molar-refractivity contribution < 1.29 is 9.21 Å². The lowest BCUT2D eigenvalue weighted by atomic mass is 9.90. The molecule has 0 unspecified atom stereocenters. The molecule has 126 valence electrons. The molecule has 4 rings (SSSR count). The number of hydrogen-bond donors (Lipinski definition) is 0. The highest BCUT2D eigenvalue weighted by molar-refractivity contribution is 5.93. The van der Waals surface area contributed by atoms with Crippen LogP contribution in [0.3, 0.4) is 0 Å². The van der Waals surface area contributed by atoms with Crippen molar-refractivity contribution in [3.8, 4) is 0 Å². The number of rotatable bonds is 5. The summed E-state index contributed by atoms with van der Waals surface area (Å²) in [5.41, 5.74) is 1.97. The minimum atomic E-state index is 0.0622. The Morgan fingerprint density at radius 1 is 1.12 bits per heavy atom. The first-order valence-electron chi connectivity index (χ1n) is 9.08. The van der Waals surface area contributed by atoms with Gasteiger partial charge in [-0.25, -0.2) is 4.98 Å². The van der Waals surface area contributed by atoms with Gasteiger partial charge in [0.15, 0.2) is 12.1 Å². The van der Waals surface area contributed by atoms with Crippen LogP contribution in [0.4, 0.5) is 0 Å². The van der Waals surface area contributed by atoms with Gasteiger partial charge in [-0.05, 0) is 50.0 Å². The molecule has 0 spiro atoms. The number of hydrogen-bond acceptors (Lipinski definition) is 3. The number of carbonyl (C=O) groups is 1. The van der Waals surface area contributed by atoms with E-state index in [9.17, 15) is 4.79 Å². The Balaban J connectivity index is 1.29. The van der Waals surface area contributed by atoms with E-state index in [1.165, 1.54) is 18.4 Å². The average Bonchev–Trinajstić information content (AvgIpc) is 3.37. The molecule has 0 N–H and O–H groups in total. The molecule has 1 aromatic carbocycles. The van der Waals surface area contributed by atoms with Crippen molar-refractivity contribution in [2.75, 3.05) is 13.1 Å². The van der Waals surface area contributed by atoms with Crippen LogP contribution in [0.25, 0.3) is 0 Å². The van der Waals surface area contributed by atoms with Gasteiger partial charge in [-0.2, -0.15) is 0 Å². The zero-order valence-corrected chi connectivity index (χ0v) is 14.0. The van der Waals surface area contributed by atoms with Crippen LogP contribution in [0.15, 0.2) is 41.1 Å². The number of piperidine rings is 1. The Morgan fingerprint density at radius 2 is 1.88 bits per heavy atom. The number of aryl methyl sites for hydroxylation is 1. The lowest BCUT2D eigenvalue weighted by molar-refractivity contribution is 0.0679. The molecule has 1 amide bonds. The largest absolute Gasteiger partial charge is 0.447 e. The Labute approximate surface area is 142 Å². The summed E-state index contributed by atoms with van der Waals surface area (Å²) in [6, 6.07) is 10.7. The Kier molecular flexibility index (Phi) is 4.37. The van der Waals surface area contributed by atoms with Crippen molar-refractivity contribution in [1.82, 2.24) is 9.88 Å². The van der Waals surface area contributed by atoms with Gasteiger partial charge in [-0.1, -0.05) is 30.3 Å². The van der Waals surface area contributed by atoms with Gasteiger partial charge in [0.2, 0.25) is 0 Å². The van der Waals surface area contributed by atoms with Crippen molar-refractivity contribution in [3.63, 3.8) is 0 Å². The molecule has 2 fully saturated rings. The fourth-order valence-electron chi connectivity index (χ4n) is 3.64. The first kappa shape index (κ1) is 15.4. The van der Waals surface area contributed by atoms with Gasteiger partial charge in [0.25, 0.3) is 5.91 Å². The van der Waals surface area contributed by atoms with E-state index >= 15 is 0 Å². The van der Waals surface area contributed by atoms with E-state index in [0.29, 0.717) is 11.6 Å². The molecule has 1 aliphatic heterocycles. The third-order valence-corrected chi connectivity index (χ3v) is 5.33. The molecule has 1 aliphatic carbocycles. The molecule has 1 aromatic heterocycles. The molecular formula is C20H24N2O2. The number of oxazole rings is 1. The molecule has 2 heterocycles. The highest BCUT2D eigenvalue weighted by atomic mass is 16.3. The summed E-state index contributed by atoms with van der Waals surface area (Å²) < 4.78 is 5.45. The van der Waals surface area contributed by atoms with E-state index in [4.69, 9.17) is 4.42 Å². The molecule has 4 heteroatoms. The van der Waals surface area contributed by atoms with Crippen LogP contribution < -0.4 is 0 Å². The second-order valence-corrected chi connectivity index (χ2v) is 7.10. The minimum absolute atomic E-state index is 0.0622. The van der Waals surface area contributed by atoms with Gasteiger partial charge in [-0.15, -0.1) is 0 Å². The molecule has 4 nitrogen and oxygen atoms in total. The SMILES string of the molecule is O=C(c1ncoc1C1CC1)N1CCC(CCc2ccccc2)CC1. The predicted octanol–water partition coefficient (Wildman–Crippen LogP) is 4.04. The molecule has 24 heavy (non-hydrogen) atoms. The van der Waals surface area contributed by atoms with Crippen LogP contribution in [0.2, 0.25) is 0 Å². The van der Waals surface area contributed by atoms with E-state index in [2.05, 4.69) is 35.3 Å². The van der Waals surface area contributed by atoms with Gasteiger partial charge in [0.05, 0.1) is 0 Å². The van der Waals surface area contributed by atoms with Crippen molar-refractivity contribution in [1.29, 1.82) is 0 Å². The third kappa shape index (κ3) is 3.37. The molecule has 0 atom stereocenters. The molecule has 1 saturated carbocycles. The molecule has 0 radical (unpaired) electrons. The molecule has 0 bridgehead atoms. The Hall–Kier alpha value is -2.10. The molecule has 2 aromatic rings. The van der Waals surface area contributed by atoms with Gasteiger partial charge in [0.1, 0.15) is 5.76 Å². The summed E-state index contributed by atoms with van der Waals surface area (Å²) in [7, 11) is 0. The smallest absolute Gasteiger partial charge is 0.276 e. The number of nitrogens with zero attached hydrogens (tertiary/aromatic N) is 2. The molecular weight excluding hydrogens is 300 g/mol. The quantitative estimate of drug-likeness (QED) is 0.834. The maximum absolute atomic E-state index is 12.7. The van der Waals surface area contributed by atoms with Crippen LogP contribution in [-0.2, 0) is 6.42 Å². The normalized spacial score (nSPS) is 18.8. The summed E-state index contributed by atoms with van der Waals surface area (Å²) in [4.78, 5) is 18.9. The fraction of sp³-hybridized carbons (Fsp3) is 0.500. The topological polar surface area (TPSA) is 46.3 Å². The minimum Gasteiger partial charge on any atom is -0.447 e. The monoisotopic (exact) mass is 324 g/mol. The standard InChI is InChI=1S/C20H24N2O2/c23-20(18-19(17-8-9-17)24-14-21-18)22-12-10-16(11-13-22)7-6-15-4-2-1-3-5-15/h1-5,14,16-17H,6-13H2. The lowest BCUT2D eigenvalue weighted by Crippen LogP contribution is -2.39. The maximum Gasteiger partial charge on any atom is 0.276 e. The predicted molar refractivity (Wildman–Crippen MR) is 91.9 cm³/mol. The van der Waals surface area contributed by atoms with Crippen molar-refractivity contribution in [3.05, 3.63) is 53.7 Å². The van der Waals surface area contributed by atoms with Gasteiger partial charge in [-0.3, -0.25) is 4.79 Å². The summed E-state index contributed by atoms with van der Waals surface area (Å²) in [6.45, 7) is 1.69. The van der Waals surface area contributed by atoms with Crippen molar-refractivity contribution >= 4 is 5.91 Å². The van der Waals surface area contributed by atoms with Crippen LogP contribution in [0, 0.1) is 5.92 Å². The summed E-state index contributed by atoms with van der Waals surface area (Å²) in [5, 5.41) is 0. The first-order valence-corrected chi connectivity index (χ1v) is 9.08. The highest BCUT2D eigenvalue weighted by Crippen LogP contribution is 2.41. The van der Waals surface area contributed by atoms with Crippen molar-refractivity contribution in [2.24, 2.45) is 5.92 Å². The second kappa shape index (κ2) is 6.80. The number of carbonyl (C=O) groups excluding carboxylic acids is 1. The zero-order chi connectivity index (χ0) is 16.4. The van der Waals surface area contributed by atoms with Crippen molar-refractivity contribution in [2.45, 2.75) is 44.4 Å². The summed E-state index contributed by atoms with van der Waals surface area (Å²) in [5.74, 6) is 2.02. The number of amides is 1. The van der Waals surface area contributed by atoms with Crippen LogP contribution in [0.1, 0.15) is 59.8 Å². The van der Waals surface area contributed by atoms with E-state index < -0.39 is 0 Å². The van der Waals surface area contributed by atoms with Crippen LogP contribution in [-0.4, -0.2) is 28.9 Å². The molecule has 2 aliphatic rings. The number of likely N-dealkylation sites (tertiary alicyclic amines) is 1. The maximum atomic E-state index is 12.7. The van der Waals surface area contributed by atoms with Crippen LogP contribution >= 0.6 is 0 Å². The Morgan fingerprint density at radius 3 is 2.58 bits per heavy atom. The Bertz CT molecular complexity index is 683. The van der Waals surface area contributed by atoms with Gasteiger partial charge in [0, 0.05) is 19.0 Å². The summed E-state index contributed by atoms with van der Waals surface area (Å²) >= 11 is 0. The van der Waals surface area contributed by atoms with Crippen LogP contribution in [0.5, 0.6) is 0 Å². The van der Waals surface area contributed by atoms with E-state index in [1.54, 1.807) is 0 Å². The van der Waals surface area contributed by atoms with E-state index in [-0.39, 0.29) is 5.91 Å². The first-order chi connectivity index (χ1) is 11.8. The van der Waals surface area contributed by atoms with E-state index in [1.807, 2.05) is 4.90 Å².